The number of ether oxygens (including phenoxy) is 3. The van der Waals surface area contributed by atoms with E-state index in [9.17, 15) is 14.4 Å². The molecule has 0 aromatic heterocycles. The van der Waals surface area contributed by atoms with Crippen molar-refractivity contribution in [3.63, 3.8) is 0 Å². The van der Waals surface area contributed by atoms with Gasteiger partial charge in [0.1, 0.15) is 13.2 Å². The summed E-state index contributed by atoms with van der Waals surface area (Å²) in [6.07, 6.45) is 57.8. The van der Waals surface area contributed by atoms with Crippen LogP contribution in [0.3, 0.4) is 0 Å². The van der Waals surface area contributed by atoms with Gasteiger partial charge in [0.05, 0.1) is 0 Å². The van der Waals surface area contributed by atoms with E-state index in [-0.39, 0.29) is 31.1 Å². The second-order valence-corrected chi connectivity index (χ2v) is 18.2. The van der Waals surface area contributed by atoms with Gasteiger partial charge in [-0.2, -0.15) is 0 Å². The van der Waals surface area contributed by atoms with Crippen molar-refractivity contribution >= 4 is 17.9 Å². The maximum atomic E-state index is 12.7. The van der Waals surface area contributed by atoms with Crippen LogP contribution in [0.4, 0.5) is 0 Å². The van der Waals surface area contributed by atoms with Gasteiger partial charge in [-0.05, 0) is 51.4 Å². The molecular formula is C55H102O6. The van der Waals surface area contributed by atoms with Crippen LogP contribution in [-0.2, 0) is 28.6 Å². The summed E-state index contributed by atoms with van der Waals surface area (Å²) in [5.41, 5.74) is 0. The molecule has 0 rings (SSSR count). The Bertz CT molecular complexity index is 989. The Labute approximate surface area is 379 Å². The molecule has 0 aromatic carbocycles. The van der Waals surface area contributed by atoms with Gasteiger partial charge < -0.3 is 14.2 Å². The van der Waals surface area contributed by atoms with Crippen LogP contribution in [0, 0.1) is 0 Å². The van der Waals surface area contributed by atoms with Crippen molar-refractivity contribution in [2.45, 2.75) is 297 Å². The number of allylic oxidation sites excluding steroid dienone is 4. The smallest absolute Gasteiger partial charge is 0.306 e. The normalized spacial score (nSPS) is 12.1. The van der Waals surface area contributed by atoms with Crippen molar-refractivity contribution in [1.82, 2.24) is 0 Å². The van der Waals surface area contributed by atoms with Gasteiger partial charge in [0.2, 0.25) is 0 Å². The number of esters is 3. The standard InChI is InChI=1S/C55H102O6/c1-4-7-10-13-15-17-19-21-23-24-25-26-27-28-29-30-32-33-35-37-39-42-45-48-54(57)60-51-52(50-59-53(56)47-44-41-12-9-6-3)61-55(58)49-46-43-40-38-36-34-31-22-20-18-16-14-11-8-5-2/h16,18,22,31,52H,4-15,17,19-21,23-30,32-51H2,1-3H3/b18-16-,31-22-. The Hall–Kier alpha value is -2.11. The zero-order chi connectivity index (χ0) is 44.4. The number of carbonyl (C=O) groups is 3. The molecule has 0 N–H and O–H groups in total. The molecule has 0 saturated heterocycles. The quantitative estimate of drug-likeness (QED) is 0.0262. The van der Waals surface area contributed by atoms with Crippen LogP contribution in [0.15, 0.2) is 24.3 Å². The molecule has 358 valence electrons. The lowest BCUT2D eigenvalue weighted by atomic mass is 10.0. The van der Waals surface area contributed by atoms with E-state index in [0.717, 1.165) is 89.9 Å². The molecule has 1 unspecified atom stereocenters. The third-order valence-corrected chi connectivity index (χ3v) is 12.0. The first-order valence-electron chi connectivity index (χ1n) is 26.8. The summed E-state index contributed by atoms with van der Waals surface area (Å²) in [5.74, 6) is -0.889. The lowest BCUT2D eigenvalue weighted by Crippen LogP contribution is -2.30. The highest BCUT2D eigenvalue weighted by Crippen LogP contribution is 2.17. The molecule has 0 saturated carbocycles. The van der Waals surface area contributed by atoms with Crippen molar-refractivity contribution in [2.24, 2.45) is 0 Å². The minimum atomic E-state index is -0.771. The van der Waals surface area contributed by atoms with E-state index < -0.39 is 6.10 Å². The molecule has 0 fully saturated rings. The molecule has 0 aromatic rings. The second kappa shape index (κ2) is 50.5. The number of hydrogen-bond acceptors (Lipinski definition) is 6. The lowest BCUT2D eigenvalue weighted by molar-refractivity contribution is -0.167. The predicted octanol–water partition coefficient (Wildman–Crippen LogP) is 17.5. The van der Waals surface area contributed by atoms with Crippen LogP contribution in [0.5, 0.6) is 0 Å². The third kappa shape index (κ3) is 48.8. The Morgan fingerprint density at radius 2 is 0.590 bits per heavy atom. The molecule has 0 aliphatic rings. The van der Waals surface area contributed by atoms with E-state index in [1.165, 1.54) is 161 Å². The van der Waals surface area contributed by atoms with E-state index in [1.807, 2.05) is 0 Å². The van der Waals surface area contributed by atoms with Gasteiger partial charge in [-0.3, -0.25) is 14.4 Å². The maximum absolute atomic E-state index is 12.7. The lowest BCUT2D eigenvalue weighted by Gasteiger charge is -2.18. The van der Waals surface area contributed by atoms with Crippen molar-refractivity contribution in [2.75, 3.05) is 13.2 Å². The number of hydrogen-bond donors (Lipinski definition) is 0. The highest BCUT2D eigenvalue weighted by Gasteiger charge is 2.19. The first kappa shape index (κ1) is 58.9. The fraction of sp³-hybridized carbons (Fsp3) is 0.873. The molecule has 0 spiro atoms. The zero-order valence-electron chi connectivity index (χ0n) is 40.9. The maximum Gasteiger partial charge on any atom is 0.306 e. The van der Waals surface area contributed by atoms with Crippen molar-refractivity contribution < 1.29 is 28.6 Å². The van der Waals surface area contributed by atoms with Gasteiger partial charge in [-0.25, -0.2) is 0 Å². The Morgan fingerprint density at radius 3 is 0.934 bits per heavy atom. The second-order valence-electron chi connectivity index (χ2n) is 18.2. The summed E-state index contributed by atoms with van der Waals surface area (Å²) in [5, 5.41) is 0. The molecule has 0 aliphatic carbocycles. The van der Waals surface area contributed by atoms with Gasteiger partial charge in [-0.1, -0.05) is 244 Å². The summed E-state index contributed by atoms with van der Waals surface area (Å²) < 4.78 is 16.7. The minimum Gasteiger partial charge on any atom is -0.462 e. The predicted molar refractivity (Wildman–Crippen MR) is 261 cm³/mol. The Kier molecular flexibility index (Phi) is 48.8. The van der Waals surface area contributed by atoms with Crippen LogP contribution < -0.4 is 0 Å². The zero-order valence-corrected chi connectivity index (χ0v) is 40.9. The fourth-order valence-electron chi connectivity index (χ4n) is 7.89. The van der Waals surface area contributed by atoms with E-state index >= 15 is 0 Å². The van der Waals surface area contributed by atoms with E-state index in [4.69, 9.17) is 14.2 Å². The van der Waals surface area contributed by atoms with Crippen LogP contribution in [0.25, 0.3) is 0 Å². The van der Waals surface area contributed by atoms with E-state index in [0.29, 0.717) is 19.3 Å². The largest absolute Gasteiger partial charge is 0.462 e. The van der Waals surface area contributed by atoms with Crippen LogP contribution in [-0.4, -0.2) is 37.2 Å². The monoisotopic (exact) mass is 859 g/mol. The number of unbranched alkanes of at least 4 members (excludes halogenated alkanes) is 34. The van der Waals surface area contributed by atoms with Crippen LogP contribution >= 0.6 is 0 Å². The summed E-state index contributed by atoms with van der Waals surface area (Å²) in [6, 6.07) is 0. The number of carbonyl (C=O) groups excluding carboxylic acids is 3. The summed E-state index contributed by atoms with van der Waals surface area (Å²) >= 11 is 0. The first-order chi connectivity index (χ1) is 30.0. The minimum absolute atomic E-state index is 0.0735. The van der Waals surface area contributed by atoms with Gasteiger partial charge in [-0.15, -0.1) is 0 Å². The Morgan fingerprint density at radius 1 is 0.328 bits per heavy atom. The molecule has 0 heterocycles. The highest BCUT2D eigenvalue weighted by atomic mass is 16.6. The molecule has 0 aliphatic heterocycles. The first-order valence-corrected chi connectivity index (χ1v) is 26.8. The van der Waals surface area contributed by atoms with Gasteiger partial charge in [0.25, 0.3) is 0 Å². The van der Waals surface area contributed by atoms with E-state index in [1.54, 1.807) is 0 Å². The molecule has 61 heavy (non-hydrogen) atoms. The van der Waals surface area contributed by atoms with Crippen LogP contribution in [0.1, 0.15) is 290 Å². The molecule has 0 amide bonds. The molecule has 6 nitrogen and oxygen atoms in total. The van der Waals surface area contributed by atoms with Crippen molar-refractivity contribution in [1.29, 1.82) is 0 Å². The van der Waals surface area contributed by atoms with Gasteiger partial charge in [0, 0.05) is 19.3 Å². The summed E-state index contributed by atoms with van der Waals surface area (Å²) in [4.78, 5) is 37.7. The van der Waals surface area contributed by atoms with E-state index in [2.05, 4.69) is 45.1 Å². The van der Waals surface area contributed by atoms with Crippen molar-refractivity contribution in [3.8, 4) is 0 Å². The fourth-order valence-corrected chi connectivity index (χ4v) is 7.89. The summed E-state index contributed by atoms with van der Waals surface area (Å²) in [6.45, 7) is 6.55. The van der Waals surface area contributed by atoms with Crippen molar-refractivity contribution in [3.05, 3.63) is 24.3 Å². The molecule has 6 heteroatoms. The molecule has 0 bridgehead atoms. The topological polar surface area (TPSA) is 78.9 Å². The average Bonchev–Trinajstić information content (AvgIpc) is 3.26. The summed E-state index contributed by atoms with van der Waals surface area (Å²) in [7, 11) is 0. The average molecular weight is 859 g/mol. The SMILES string of the molecule is CCCCC/C=C\C/C=C\CCCCCCCC(=O)OC(COC(=O)CCCCCCC)COC(=O)CCCCCCCCCCCCCCCCCCCCCCCCC. The highest BCUT2D eigenvalue weighted by molar-refractivity contribution is 5.71. The number of rotatable bonds is 49. The molecule has 0 radical (unpaired) electrons. The van der Waals surface area contributed by atoms with Gasteiger partial charge >= 0.3 is 17.9 Å². The molecule has 1 atom stereocenters. The molecular weight excluding hydrogens is 757 g/mol. The Balaban J connectivity index is 4.06. The van der Waals surface area contributed by atoms with Gasteiger partial charge in [0.15, 0.2) is 6.10 Å². The van der Waals surface area contributed by atoms with Crippen LogP contribution in [0.2, 0.25) is 0 Å². The third-order valence-electron chi connectivity index (χ3n) is 12.0.